The van der Waals surface area contributed by atoms with E-state index in [1.54, 1.807) is 36.1 Å². The molecule has 8 heteroatoms. The number of nitrogens with one attached hydrogen (secondary N) is 1. The van der Waals surface area contributed by atoms with E-state index in [0.717, 1.165) is 16.8 Å². The van der Waals surface area contributed by atoms with Crippen LogP contribution in [-0.2, 0) is 16.0 Å². The lowest BCUT2D eigenvalue weighted by atomic mass is 9.65. The predicted octanol–water partition coefficient (Wildman–Crippen LogP) is 5.33. The van der Waals surface area contributed by atoms with Crippen molar-refractivity contribution in [3.8, 4) is 0 Å². The van der Waals surface area contributed by atoms with E-state index in [4.69, 9.17) is 0 Å². The first-order chi connectivity index (χ1) is 16.8. The Labute approximate surface area is 210 Å². The molecule has 5 rings (SSSR count). The van der Waals surface area contributed by atoms with Crippen molar-refractivity contribution in [1.29, 1.82) is 0 Å². The van der Waals surface area contributed by atoms with E-state index >= 15 is 0 Å². The van der Waals surface area contributed by atoms with Crippen molar-refractivity contribution in [2.24, 2.45) is 5.41 Å². The van der Waals surface area contributed by atoms with Gasteiger partial charge < -0.3 is 10.2 Å². The number of pyridine rings is 1. The molecular weight excluding hydrogens is 463 g/mol. The number of piperidine rings is 1. The van der Waals surface area contributed by atoms with Gasteiger partial charge in [-0.15, -0.1) is 11.3 Å². The Morgan fingerprint density at radius 2 is 1.91 bits per heavy atom. The number of hydrogen-bond donors (Lipinski definition) is 1. The summed E-state index contributed by atoms with van der Waals surface area (Å²) >= 11 is 1.66. The van der Waals surface area contributed by atoms with Gasteiger partial charge in [0.25, 0.3) is 0 Å². The Balaban J connectivity index is 0.000000189. The smallest absolute Gasteiger partial charge is 0.232 e. The van der Waals surface area contributed by atoms with E-state index in [2.05, 4.69) is 38.7 Å². The summed E-state index contributed by atoms with van der Waals surface area (Å²) in [6, 6.07) is 1.94. The third-order valence-electron chi connectivity index (χ3n) is 7.28. The van der Waals surface area contributed by atoms with Crippen LogP contribution in [0.4, 0.5) is 10.2 Å². The fraction of sp³-hybridized carbons (Fsp3) is 0.481. The Morgan fingerprint density at radius 3 is 2.57 bits per heavy atom. The minimum Gasteiger partial charge on any atom is -0.310 e. The number of allylic oxidation sites excluding steroid dienone is 1. The third-order valence-corrected chi connectivity index (χ3v) is 7.88. The van der Waals surface area contributed by atoms with Crippen LogP contribution in [0.3, 0.4) is 0 Å². The van der Waals surface area contributed by atoms with Crippen molar-refractivity contribution in [3.63, 3.8) is 0 Å². The maximum Gasteiger partial charge on any atom is 0.232 e. The molecule has 2 aromatic heterocycles. The summed E-state index contributed by atoms with van der Waals surface area (Å²) in [7, 11) is 2.18. The van der Waals surface area contributed by atoms with Crippen molar-refractivity contribution in [2.75, 3.05) is 25.5 Å². The second-order valence-corrected chi connectivity index (χ2v) is 10.8. The van der Waals surface area contributed by atoms with Gasteiger partial charge in [0.05, 0.1) is 16.6 Å². The molecule has 1 N–H and O–H groups in total. The number of carbonyl (C=O) groups excluding carboxylic acids is 2. The maximum absolute atomic E-state index is 14.0. The highest BCUT2D eigenvalue weighted by molar-refractivity contribution is 7.07. The quantitative estimate of drug-likeness (QED) is 0.459. The van der Waals surface area contributed by atoms with Crippen LogP contribution in [0.15, 0.2) is 34.8 Å². The summed E-state index contributed by atoms with van der Waals surface area (Å²) in [6.07, 6.45) is 12.6. The lowest BCUT2D eigenvalue weighted by Crippen LogP contribution is -2.46. The zero-order chi connectivity index (χ0) is 24.9. The van der Waals surface area contributed by atoms with Crippen molar-refractivity contribution in [1.82, 2.24) is 14.9 Å². The molecule has 1 aliphatic carbocycles. The van der Waals surface area contributed by atoms with Crippen molar-refractivity contribution in [2.45, 2.75) is 57.5 Å². The van der Waals surface area contributed by atoms with Gasteiger partial charge in [-0.05, 0) is 88.3 Å². The first kappa shape index (κ1) is 25.4. The van der Waals surface area contributed by atoms with Gasteiger partial charge in [0.1, 0.15) is 17.8 Å². The highest BCUT2D eigenvalue weighted by Gasteiger charge is 2.48. The Bertz CT molecular complexity index is 1090. The number of carbonyl (C=O) groups is 2. The van der Waals surface area contributed by atoms with Gasteiger partial charge in [-0.2, -0.15) is 0 Å². The average Bonchev–Trinajstić information content (AvgIpc) is 3.35. The summed E-state index contributed by atoms with van der Waals surface area (Å²) in [5.41, 5.74) is 4.65. The molecule has 2 aliphatic heterocycles. The highest BCUT2D eigenvalue weighted by Crippen LogP contribution is 2.47. The number of likely N-dealkylation sites (tertiary alicyclic amines) is 1. The number of anilines is 1. The molecule has 4 heterocycles. The first-order valence-electron chi connectivity index (χ1n) is 12.2. The number of amides is 1. The molecule has 3 aliphatic rings. The largest absolute Gasteiger partial charge is 0.310 e. The Hall–Kier alpha value is -2.71. The molecule has 6 nitrogen and oxygen atoms in total. The summed E-state index contributed by atoms with van der Waals surface area (Å²) in [5.74, 6) is 0.534. The van der Waals surface area contributed by atoms with Crippen molar-refractivity contribution >= 4 is 41.5 Å². The molecule has 0 bridgehead atoms. The molecule has 1 saturated carbocycles. The molecule has 2 fully saturated rings. The number of alkyl halides is 1. The Kier molecular flexibility index (Phi) is 7.91. The summed E-state index contributed by atoms with van der Waals surface area (Å²) < 4.78 is 14.0. The van der Waals surface area contributed by atoms with Gasteiger partial charge in [0, 0.05) is 24.7 Å². The van der Waals surface area contributed by atoms with Gasteiger partial charge in [-0.25, -0.2) is 14.4 Å². The number of aromatic nitrogens is 2. The van der Waals surface area contributed by atoms with E-state index in [9.17, 15) is 14.0 Å². The topological polar surface area (TPSA) is 75.2 Å². The molecule has 2 aromatic rings. The summed E-state index contributed by atoms with van der Waals surface area (Å²) in [5, 5.41) is 4.97. The summed E-state index contributed by atoms with van der Waals surface area (Å²) in [4.78, 5) is 33.8. The minimum atomic E-state index is -1.17. The standard InChI is InChI=1S/C17H19FN2O2.C10H14N2S/c1-16(18)4-6-17(7-5-16)10-13-9-12(3-2-8-21)11-19-14(13)20-15(17)22;1-12-4-2-9(3-5-12)6-10-7-13-8-11-10/h2-3,8-9,11H,4-7,10H2,1H3,(H,19,20,22);6-8H,2-5H2,1H3/b3-2+;. The van der Waals surface area contributed by atoms with Crippen LogP contribution in [0.5, 0.6) is 0 Å². The number of rotatable bonds is 3. The molecule has 0 aromatic carbocycles. The summed E-state index contributed by atoms with van der Waals surface area (Å²) in [6.45, 7) is 3.99. The molecule has 35 heavy (non-hydrogen) atoms. The van der Waals surface area contributed by atoms with E-state index in [1.165, 1.54) is 32.0 Å². The number of fused-ring (bicyclic) bond motifs is 1. The zero-order valence-corrected chi connectivity index (χ0v) is 21.2. The molecule has 0 unspecified atom stereocenters. The first-order valence-corrected chi connectivity index (χ1v) is 13.1. The van der Waals surface area contributed by atoms with Gasteiger partial charge in [0.15, 0.2) is 0 Å². The van der Waals surface area contributed by atoms with Crippen LogP contribution in [0.1, 0.15) is 62.3 Å². The lowest BCUT2D eigenvalue weighted by molar-refractivity contribution is -0.129. The van der Waals surface area contributed by atoms with E-state index in [-0.39, 0.29) is 5.91 Å². The van der Waals surface area contributed by atoms with E-state index in [1.807, 2.05) is 11.6 Å². The SMILES string of the molecule is CC1(F)CCC2(CC1)Cc1cc(/C=C/C=O)cnc1NC2=O.CN1CCC(=Cc2cscn2)CC1. The van der Waals surface area contributed by atoms with Gasteiger partial charge >= 0.3 is 0 Å². The molecule has 186 valence electrons. The van der Waals surface area contributed by atoms with E-state index < -0.39 is 11.1 Å². The number of hydrogen-bond acceptors (Lipinski definition) is 6. The fourth-order valence-corrected chi connectivity index (χ4v) is 5.42. The molecule has 0 atom stereocenters. The highest BCUT2D eigenvalue weighted by atomic mass is 32.1. The molecule has 1 amide bonds. The van der Waals surface area contributed by atoms with Crippen LogP contribution >= 0.6 is 11.3 Å². The normalized spacial score (nSPS) is 26.6. The van der Waals surface area contributed by atoms with Crippen LogP contribution in [0.25, 0.3) is 12.2 Å². The molecule has 1 spiro atoms. The number of halogens is 1. The molecule has 1 saturated heterocycles. The van der Waals surface area contributed by atoms with Crippen molar-refractivity contribution < 1.29 is 14.0 Å². The number of nitrogens with zero attached hydrogens (tertiary/aromatic N) is 3. The maximum atomic E-state index is 14.0. The lowest BCUT2D eigenvalue weighted by Gasteiger charge is -2.42. The monoisotopic (exact) mass is 496 g/mol. The minimum absolute atomic E-state index is 0.0424. The second-order valence-electron chi connectivity index (χ2n) is 10.1. The Morgan fingerprint density at radius 1 is 1.17 bits per heavy atom. The predicted molar refractivity (Wildman–Crippen MR) is 139 cm³/mol. The molecule has 0 radical (unpaired) electrons. The van der Waals surface area contributed by atoms with Crippen LogP contribution in [0.2, 0.25) is 0 Å². The van der Waals surface area contributed by atoms with Gasteiger partial charge in [-0.1, -0.05) is 11.6 Å². The van der Waals surface area contributed by atoms with Gasteiger partial charge in [0.2, 0.25) is 5.91 Å². The van der Waals surface area contributed by atoms with Crippen LogP contribution in [-0.4, -0.2) is 52.9 Å². The van der Waals surface area contributed by atoms with Crippen molar-refractivity contribution in [3.05, 3.63) is 51.6 Å². The third kappa shape index (κ3) is 6.49. The average molecular weight is 497 g/mol. The fourth-order valence-electron chi connectivity index (χ4n) is 4.91. The van der Waals surface area contributed by atoms with Crippen LogP contribution in [0, 0.1) is 5.41 Å². The van der Waals surface area contributed by atoms with Gasteiger partial charge in [-0.3, -0.25) is 9.59 Å². The number of thiazole rings is 1. The van der Waals surface area contributed by atoms with Crippen LogP contribution < -0.4 is 5.32 Å². The molecular formula is C27H33FN4O2S. The van der Waals surface area contributed by atoms with E-state index in [0.29, 0.717) is 44.2 Å². The number of aldehydes is 1. The zero-order valence-electron chi connectivity index (χ0n) is 20.4. The second kappa shape index (κ2) is 10.9.